The summed E-state index contributed by atoms with van der Waals surface area (Å²) in [5.74, 6) is 1.18. The molecule has 0 bridgehead atoms. The van der Waals surface area contributed by atoms with Crippen molar-refractivity contribution in [2.24, 2.45) is 0 Å². The summed E-state index contributed by atoms with van der Waals surface area (Å²) in [5, 5.41) is 16.9. The number of fused-ring (bicyclic) bond motifs is 1. The Labute approximate surface area is 178 Å². The number of hydrogen-bond donors (Lipinski definition) is 1. The molecular weight excluding hydrogens is 402 g/mol. The number of hydrogen-bond acceptors (Lipinski definition) is 7. The Hall–Kier alpha value is -3.44. The summed E-state index contributed by atoms with van der Waals surface area (Å²) in [4.78, 5) is 13.2. The Morgan fingerprint density at radius 1 is 1.23 bits per heavy atom. The fourth-order valence-corrected chi connectivity index (χ4v) is 3.29. The Morgan fingerprint density at radius 2 is 2.03 bits per heavy atom. The van der Waals surface area contributed by atoms with E-state index in [2.05, 4.69) is 46.1 Å². The first-order valence-electron chi connectivity index (χ1n) is 9.40. The van der Waals surface area contributed by atoms with Gasteiger partial charge in [0, 0.05) is 6.20 Å². The first-order valence-corrected chi connectivity index (χ1v) is 9.77. The number of oxazole rings is 1. The minimum Gasteiger partial charge on any atom is -0.422 e. The van der Waals surface area contributed by atoms with Crippen LogP contribution in [0.5, 0.6) is 0 Å². The van der Waals surface area contributed by atoms with Gasteiger partial charge in [0.05, 0.1) is 16.6 Å². The Kier molecular flexibility index (Phi) is 4.92. The van der Waals surface area contributed by atoms with E-state index in [-0.39, 0.29) is 11.5 Å². The van der Waals surface area contributed by atoms with Gasteiger partial charge in [-0.25, -0.2) is 9.97 Å². The summed E-state index contributed by atoms with van der Waals surface area (Å²) in [7, 11) is 0. The number of anilines is 1. The molecule has 3 heterocycles. The number of benzene rings is 1. The lowest BCUT2D eigenvalue weighted by Crippen LogP contribution is -2.14. The van der Waals surface area contributed by atoms with Gasteiger partial charge in [0.1, 0.15) is 17.9 Å². The second kappa shape index (κ2) is 7.43. The molecule has 4 rings (SSSR count). The lowest BCUT2D eigenvalue weighted by atomic mass is 9.87. The van der Waals surface area contributed by atoms with Crippen molar-refractivity contribution in [3.8, 4) is 11.9 Å². The third kappa shape index (κ3) is 3.72. The standard InChI is InChI=1S/C21H20ClN7O/c1-12(19-25-11-26-29(19)17-6-5-13(9-23)10-24-17)27-20-28-16-8-14(21(2,3)4)7-15(22)18(16)30-20/h5-8,10-12H,1-4H3,(H,27,28)/t12-/m0/s1. The summed E-state index contributed by atoms with van der Waals surface area (Å²) in [5.41, 5.74) is 2.73. The van der Waals surface area contributed by atoms with E-state index in [1.54, 1.807) is 16.8 Å². The normalized spacial score (nSPS) is 12.7. The van der Waals surface area contributed by atoms with E-state index in [9.17, 15) is 0 Å². The quantitative estimate of drug-likeness (QED) is 0.504. The molecule has 0 aliphatic rings. The van der Waals surface area contributed by atoms with Crippen molar-refractivity contribution in [2.45, 2.75) is 39.2 Å². The van der Waals surface area contributed by atoms with Crippen LogP contribution in [0.2, 0.25) is 5.02 Å². The van der Waals surface area contributed by atoms with Crippen LogP contribution < -0.4 is 5.32 Å². The Bertz CT molecular complexity index is 1250. The van der Waals surface area contributed by atoms with Crippen molar-refractivity contribution in [2.75, 3.05) is 5.32 Å². The van der Waals surface area contributed by atoms with Crippen molar-refractivity contribution >= 4 is 28.7 Å². The maximum absolute atomic E-state index is 8.95. The van der Waals surface area contributed by atoms with E-state index in [0.717, 1.165) is 5.56 Å². The minimum absolute atomic E-state index is 0.0534. The second-order valence-electron chi connectivity index (χ2n) is 7.99. The van der Waals surface area contributed by atoms with Crippen LogP contribution in [0.1, 0.15) is 50.7 Å². The van der Waals surface area contributed by atoms with Crippen molar-refractivity contribution in [3.63, 3.8) is 0 Å². The summed E-state index contributed by atoms with van der Waals surface area (Å²) in [6.45, 7) is 8.28. The number of nitriles is 1. The predicted octanol–water partition coefficient (Wildman–Crippen LogP) is 4.80. The zero-order valence-corrected chi connectivity index (χ0v) is 17.8. The molecule has 1 atom stereocenters. The molecule has 0 amide bonds. The Morgan fingerprint density at radius 3 is 2.70 bits per heavy atom. The molecule has 152 valence electrons. The molecule has 3 aromatic heterocycles. The summed E-state index contributed by atoms with van der Waals surface area (Å²) in [6.07, 6.45) is 2.94. The largest absolute Gasteiger partial charge is 0.422 e. The SMILES string of the molecule is C[C@H](Nc1nc2cc(C(C)(C)C)cc(Cl)c2o1)c1ncnn1-c1ccc(C#N)cn1. The monoisotopic (exact) mass is 421 g/mol. The van der Waals surface area contributed by atoms with Gasteiger partial charge < -0.3 is 9.73 Å². The van der Waals surface area contributed by atoms with Crippen LogP contribution in [0.25, 0.3) is 16.9 Å². The van der Waals surface area contributed by atoms with E-state index in [4.69, 9.17) is 21.3 Å². The van der Waals surface area contributed by atoms with Gasteiger partial charge in [0.25, 0.3) is 6.01 Å². The molecular formula is C21H20ClN7O. The number of aromatic nitrogens is 5. The Balaban J connectivity index is 1.62. The van der Waals surface area contributed by atoms with Gasteiger partial charge in [-0.1, -0.05) is 32.4 Å². The van der Waals surface area contributed by atoms with E-state index in [0.29, 0.717) is 39.3 Å². The average Bonchev–Trinajstić information content (AvgIpc) is 3.34. The number of nitrogens with one attached hydrogen (secondary N) is 1. The third-order valence-electron chi connectivity index (χ3n) is 4.71. The molecule has 0 unspecified atom stereocenters. The molecule has 0 saturated heterocycles. The van der Waals surface area contributed by atoms with E-state index in [1.165, 1.54) is 12.5 Å². The molecule has 4 aromatic rings. The first kappa shape index (κ1) is 19.9. The van der Waals surface area contributed by atoms with E-state index >= 15 is 0 Å². The molecule has 0 aliphatic carbocycles. The van der Waals surface area contributed by atoms with Crippen molar-refractivity contribution in [1.29, 1.82) is 5.26 Å². The number of halogens is 1. The summed E-state index contributed by atoms with van der Waals surface area (Å²) >= 11 is 6.43. The number of nitrogens with zero attached hydrogens (tertiary/aromatic N) is 6. The van der Waals surface area contributed by atoms with Crippen molar-refractivity contribution in [1.82, 2.24) is 24.7 Å². The van der Waals surface area contributed by atoms with Crippen LogP contribution in [0.4, 0.5) is 6.01 Å². The van der Waals surface area contributed by atoms with E-state index in [1.807, 2.05) is 25.1 Å². The van der Waals surface area contributed by atoms with Crippen molar-refractivity contribution < 1.29 is 4.42 Å². The fraction of sp³-hybridized carbons (Fsp3) is 0.286. The third-order valence-corrected chi connectivity index (χ3v) is 4.99. The zero-order chi connectivity index (χ0) is 21.5. The predicted molar refractivity (Wildman–Crippen MR) is 114 cm³/mol. The van der Waals surface area contributed by atoms with Crippen LogP contribution in [0, 0.1) is 11.3 Å². The molecule has 0 fully saturated rings. The van der Waals surface area contributed by atoms with Gasteiger partial charge >= 0.3 is 0 Å². The lowest BCUT2D eigenvalue weighted by molar-refractivity contribution is 0.587. The molecule has 0 spiro atoms. The highest BCUT2D eigenvalue weighted by molar-refractivity contribution is 6.34. The zero-order valence-electron chi connectivity index (χ0n) is 17.0. The maximum atomic E-state index is 8.95. The van der Waals surface area contributed by atoms with Crippen LogP contribution in [0.15, 0.2) is 41.2 Å². The van der Waals surface area contributed by atoms with Crippen molar-refractivity contribution in [3.05, 3.63) is 58.8 Å². The molecule has 0 radical (unpaired) electrons. The smallest absolute Gasteiger partial charge is 0.296 e. The van der Waals surface area contributed by atoms with Gasteiger partial charge in [-0.2, -0.15) is 20.0 Å². The molecule has 0 saturated carbocycles. The van der Waals surface area contributed by atoms with Gasteiger partial charge in [0.2, 0.25) is 0 Å². The molecule has 8 nitrogen and oxygen atoms in total. The topological polar surface area (TPSA) is 105 Å². The van der Waals surface area contributed by atoms with Crippen LogP contribution in [-0.4, -0.2) is 24.7 Å². The van der Waals surface area contributed by atoms with Gasteiger partial charge in [0.15, 0.2) is 17.2 Å². The summed E-state index contributed by atoms with van der Waals surface area (Å²) in [6, 6.07) is 9.41. The highest BCUT2D eigenvalue weighted by Crippen LogP contribution is 2.33. The minimum atomic E-state index is -0.279. The molecule has 9 heteroatoms. The first-order chi connectivity index (χ1) is 14.3. The van der Waals surface area contributed by atoms with Gasteiger partial charge in [-0.3, -0.25) is 0 Å². The van der Waals surface area contributed by atoms with Crippen LogP contribution in [-0.2, 0) is 5.41 Å². The number of rotatable bonds is 4. The second-order valence-corrected chi connectivity index (χ2v) is 8.40. The average molecular weight is 422 g/mol. The van der Waals surface area contributed by atoms with Crippen LogP contribution in [0.3, 0.4) is 0 Å². The van der Waals surface area contributed by atoms with Gasteiger partial charge in [-0.05, 0) is 42.2 Å². The van der Waals surface area contributed by atoms with E-state index < -0.39 is 0 Å². The fourth-order valence-electron chi connectivity index (χ4n) is 3.04. The molecule has 30 heavy (non-hydrogen) atoms. The summed E-state index contributed by atoms with van der Waals surface area (Å²) < 4.78 is 7.45. The molecule has 1 aromatic carbocycles. The lowest BCUT2D eigenvalue weighted by Gasteiger charge is -2.18. The molecule has 1 N–H and O–H groups in total. The number of pyridine rings is 1. The van der Waals surface area contributed by atoms with Crippen LogP contribution >= 0.6 is 11.6 Å². The maximum Gasteiger partial charge on any atom is 0.296 e. The molecule has 0 aliphatic heterocycles. The van der Waals surface area contributed by atoms with Gasteiger partial charge in [-0.15, -0.1) is 0 Å². The highest BCUT2D eigenvalue weighted by Gasteiger charge is 2.21. The highest BCUT2D eigenvalue weighted by atomic mass is 35.5.